The molecule has 1 unspecified atom stereocenters. The smallest absolute Gasteiger partial charge is 0.220 e. The Morgan fingerprint density at radius 2 is 2.10 bits per heavy atom. The van der Waals surface area contributed by atoms with Crippen molar-refractivity contribution >= 4 is 11.7 Å². The van der Waals surface area contributed by atoms with Gasteiger partial charge in [0.15, 0.2) is 5.78 Å². The van der Waals surface area contributed by atoms with Crippen molar-refractivity contribution in [3.05, 3.63) is 29.3 Å². The monoisotopic (exact) mass is 287 g/mol. The molecule has 3 rings (SSSR count). The number of Topliss-reactive ketones (excluding diaryl/α,β-unsaturated/α-hetero) is 1. The maximum atomic E-state index is 13.1. The van der Waals surface area contributed by atoms with E-state index in [0.29, 0.717) is 6.54 Å². The number of likely N-dealkylation sites (tertiary alicyclic amines) is 1. The highest BCUT2D eigenvalue weighted by atomic mass is 16.5. The number of methoxy groups -OCH3 is 1. The first-order valence-electron chi connectivity index (χ1n) is 7.58. The lowest BCUT2D eigenvalue weighted by Gasteiger charge is -2.48. The zero-order valence-corrected chi connectivity index (χ0v) is 12.6. The van der Waals surface area contributed by atoms with Gasteiger partial charge in [-0.1, -0.05) is 0 Å². The second kappa shape index (κ2) is 5.17. The summed E-state index contributed by atoms with van der Waals surface area (Å²) in [6.45, 7) is 2.27. The normalized spacial score (nSPS) is 24.9. The number of nitrogens with zero attached hydrogens (tertiary/aromatic N) is 1. The summed E-state index contributed by atoms with van der Waals surface area (Å²) in [6.07, 6.45) is 4.34. The number of fused-ring (bicyclic) bond motifs is 1. The summed E-state index contributed by atoms with van der Waals surface area (Å²) in [5.74, 6) is 0.908. The van der Waals surface area contributed by atoms with Gasteiger partial charge in [0, 0.05) is 19.0 Å². The molecular weight excluding hydrogens is 266 g/mol. The summed E-state index contributed by atoms with van der Waals surface area (Å²) in [5, 5.41) is 0. The molecule has 0 radical (unpaired) electrons. The summed E-state index contributed by atoms with van der Waals surface area (Å²) in [5.41, 5.74) is 1.19. The molecule has 0 N–H and O–H groups in total. The van der Waals surface area contributed by atoms with Crippen molar-refractivity contribution in [3.63, 3.8) is 0 Å². The van der Waals surface area contributed by atoms with Crippen molar-refractivity contribution < 1.29 is 14.3 Å². The molecule has 1 spiro atoms. The minimum atomic E-state index is -0.605. The summed E-state index contributed by atoms with van der Waals surface area (Å²) in [7, 11) is 1.63. The van der Waals surface area contributed by atoms with Crippen LogP contribution in [0.3, 0.4) is 0 Å². The highest BCUT2D eigenvalue weighted by molar-refractivity contribution is 6.07. The van der Waals surface area contributed by atoms with Gasteiger partial charge in [-0.05, 0) is 55.9 Å². The Bertz CT molecular complexity index is 596. The second-order valence-corrected chi connectivity index (χ2v) is 6.01. The summed E-state index contributed by atoms with van der Waals surface area (Å²) < 4.78 is 5.24. The van der Waals surface area contributed by atoms with Gasteiger partial charge in [-0.3, -0.25) is 9.59 Å². The molecule has 1 aromatic carbocycles. The Balaban J connectivity index is 2.02. The quantitative estimate of drug-likeness (QED) is 0.797. The highest BCUT2D eigenvalue weighted by Gasteiger charge is 2.49. The fraction of sp³-hybridized carbons (Fsp3) is 0.529. The van der Waals surface area contributed by atoms with Crippen molar-refractivity contribution in [1.82, 2.24) is 4.90 Å². The number of amides is 1. The number of hydrogen-bond acceptors (Lipinski definition) is 3. The molecule has 1 fully saturated rings. The molecule has 4 nitrogen and oxygen atoms in total. The van der Waals surface area contributed by atoms with Crippen molar-refractivity contribution in [2.45, 2.75) is 44.6 Å². The number of benzene rings is 1. The topological polar surface area (TPSA) is 46.6 Å². The van der Waals surface area contributed by atoms with Gasteiger partial charge in [0.25, 0.3) is 0 Å². The summed E-state index contributed by atoms with van der Waals surface area (Å²) in [4.78, 5) is 26.9. The third-order valence-electron chi connectivity index (χ3n) is 4.91. The minimum absolute atomic E-state index is 0.0139. The molecule has 1 aliphatic carbocycles. The predicted molar refractivity (Wildman–Crippen MR) is 79.6 cm³/mol. The number of hydrogen-bond donors (Lipinski definition) is 0. The van der Waals surface area contributed by atoms with Crippen LogP contribution >= 0.6 is 0 Å². The molecule has 1 saturated heterocycles. The van der Waals surface area contributed by atoms with E-state index in [1.807, 2.05) is 23.1 Å². The fourth-order valence-corrected chi connectivity index (χ4v) is 3.82. The molecule has 0 aromatic heterocycles. The first-order chi connectivity index (χ1) is 10.1. The molecule has 1 aromatic rings. The first-order valence-corrected chi connectivity index (χ1v) is 7.58. The van der Waals surface area contributed by atoms with Crippen molar-refractivity contribution in [3.8, 4) is 5.75 Å². The Kier molecular flexibility index (Phi) is 3.47. The third kappa shape index (κ3) is 2.13. The van der Waals surface area contributed by atoms with E-state index >= 15 is 0 Å². The molecule has 1 heterocycles. The average molecular weight is 287 g/mol. The maximum absolute atomic E-state index is 13.1. The summed E-state index contributed by atoms with van der Waals surface area (Å²) in [6, 6.07) is 5.63. The Morgan fingerprint density at radius 1 is 1.29 bits per heavy atom. The second-order valence-electron chi connectivity index (χ2n) is 6.01. The van der Waals surface area contributed by atoms with E-state index in [-0.39, 0.29) is 11.7 Å². The molecule has 2 aliphatic rings. The van der Waals surface area contributed by atoms with Gasteiger partial charge < -0.3 is 9.64 Å². The number of carbonyl (C=O) groups excluding carboxylic acids is 2. The molecule has 21 heavy (non-hydrogen) atoms. The van der Waals surface area contributed by atoms with Gasteiger partial charge in [0.05, 0.1) is 7.11 Å². The van der Waals surface area contributed by atoms with Gasteiger partial charge in [0.1, 0.15) is 11.3 Å². The van der Waals surface area contributed by atoms with Crippen molar-refractivity contribution in [1.29, 1.82) is 0 Å². The molecule has 1 amide bonds. The number of ketones is 1. The van der Waals surface area contributed by atoms with Crippen LogP contribution in [0.25, 0.3) is 0 Å². The van der Waals surface area contributed by atoms with Crippen LogP contribution in [0.5, 0.6) is 5.75 Å². The van der Waals surface area contributed by atoms with Gasteiger partial charge in [-0.25, -0.2) is 0 Å². The molecule has 1 atom stereocenters. The molecule has 0 bridgehead atoms. The lowest BCUT2D eigenvalue weighted by atomic mass is 9.71. The first kappa shape index (κ1) is 14.1. The van der Waals surface area contributed by atoms with E-state index in [4.69, 9.17) is 4.74 Å². The Labute approximate surface area is 125 Å². The number of aryl methyl sites for hydroxylation is 1. The minimum Gasteiger partial charge on any atom is -0.497 e. The average Bonchev–Trinajstić information content (AvgIpc) is 2.51. The van der Waals surface area contributed by atoms with Gasteiger partial charge in [0.2, 0.25) is 5.91 Å². The standard InChI is InChI=1S/C17H21NO3/c1-12(19)18-10-4-3-8-17(18)9-7-13-11-14(21-2)5-6-15(13)16(17)20/h5-6,11H,3-4,7-10H2,1-2H3. The highest BCUT2D eigenvalue weighted by Crippen LogP contribution is 2.40. The van der Waals surface area contributed by atoms with Crippen LogP contribution in [-0.4, -0.2) is 35.8 Å². The van der Waals surface area contributed by atoms with Crippen molar-refractivity contribution in [2.24, 2.45) is 0 Å². The van der Waals surface area contributed by atoms with E-state index in [0.717, 1.165) is 49.0 Å². The number of carbonyl (C=O) groups is 2. The molecule has 0 saturated carbocycles. The van der Waals surface area contributed by atoms with Gasteiger partial charge >= 0.3 is 0 Å². The van der Waals surface area contributed by atoms with E-state index in [9.17, 15) is 9.59 Å². The van der Waals surface area contributed by atoms with Crippen LogP contribution in [0.15, 0.2) is 18.2 Å². The molecule has 1 aliphatic heterocycles. The molecule has 4 heteroatoms. The Morgan fingerprint density at radius 3 is 2.81 bits per heavy atom. The van der Waals surface area contributed by atoms with Crippen LogP contribution in [-0.2, 0) is 11.2 Å². The number of ether oxygens (including phenoxy) is 1. The van der Waals surface area contributed by atoms with Crippen LogP contribution in [0.1, 0.15) is 48.5 Å². The van der Waals surface area contributed by atoms with E-state index < -0.39 is 5.54 Å². The Hall–Kier alpha value is -1.84. The SMILES string of the molecule is COc1ccc2c(c1)CCC1(CCCCN1C(C)=O)C2=O. The van der Waals surface area contributed by atoms with Crippen molar-refractivity contribution in [2.75, 3.05) is 13.7 Å². The van der Waals surface area contributed by atoms with Crippen LogP contribution < -0.4 is 4.74 Å². The van der Waals surface area contributed by atoms with E-state index in [1.165, 1.54) is 0 Å². The lowest BCUT2D eigenvalue weighted by Crippen LogP contribution is -2.60. The fourth-order valence-electron chi connectivity index (χ4n) is 3.82. The predicted octanol–water partition coefficient (Wildman–Crippen LogP) is 2.60. The molecular formula is C17H21NO3. The van der Waals surface area contributed by atoms with Gasteiger partial charge in [-0.2, -0.15) is 0 Å². The van der Waals surface area contributed by atoms with Gasteiger partial charge in [-0.15, -0.1) is 0 Å². The van der Waals surface area contributed by atoms with Crippen LogP contribution in [0.2, 0.25) is 0 Å². The summed E-state index contributed by atoms with van der Waals surface area (Å²) >= 11 is 0. The number of piperidine rings is 1. The number of rotatable bonds is 1. The van der Waals surface area contributed by atoms with E-state index in [1.54, 1.807) is 14.0 Å². The lowest BCUT2D eigenvalue weighted by molar-refractivity contribution is -0.136. The van der Waals surface area contributed by atoms with Crippen LogP contribution in [0.4, 0.5) is 0 Å². The zero-order chi connectivity index (χ0) is 15.0. The molecule has 112 valence electrons. The third-order valence-corrected chi connectivity index (χ3v) is 4.91. The zero-order valence-electron chi connectivity index (χ0n) is 12.6. The largest absolute Gasteiger partial charge is 0.497 e. The van der Waals surface area contributed by atoms with E-state index in [2.05, 4.69) is 0 Å². The van der Waals surface area contributed by atoms with Crippen LogP contribution in [0, 0.1) is 0 Å². The maximum Gasteiger partial charge on any atom is 0.220 e.